The second-order valence-electron chi connectivity index (χ2n) is 8.02. The summed E-state index contributed by atoms with van der Waals surface area (Å²) in [4.78, 5) is 29.8. The molecule has 0 aliphatic rings. The Kier molecular flexibility index (Phi) is 7.81. The molecular formula is C28H22N4O4S2. The Morgan fingerprint density at radius 3 is 2.66 bits per heavy atom. The number of thioether (sulfide) groups is 1. The number of nitrogens with zero attached hydrogens (tertiary/aromatic N) is 2. The number of carbonyl (C=O) groups excluding carboxylic acids is 2. The zero-order chi connectivity index (χ0) is 26.3. The number of nitrogens with one attached hydrogen (secondary N) is 2. The first-order valence-corrected chi connectivity index (χ1v) is 13.4. The Bertz CT molecular complexity index is 1560. The van der Waals surface area contributed by atoms with E-state index in [9.17, 15) is 9.59 Å². The van der Waals surface area contributed by atoms with Crippen LogP contribution < -0.4 is 15.5 Å². The van der Waals surface area contributed by atoms with Crippen molar-refractivity contribution in [2.45, 2.75) is 11.0 Å². The van der Waals surface area contributed by atoms with Gasteiger partial charge in [0.1, 0.15) is 11.3 Å². The van der Waals surface area contributed by atoms with Gasteiger partial charge < -0.3 is 14.5 Å². The van der Waals surface area contributed by atoms with E-state index in [0.717, 1.165) is 28.0 Å². The minimum Gasteiger partial charge on any atom is -0.496 e. The average molecular weight is 543 g/mol. The van der Waals surface area contributed by atoms with E-state index < -0.39 is 0 Å². The van der Waals surface area contributed by atoms with Crippen LogP contribution in [0.15, 0.2) is 99.0 Å². The third-order valence-electron chi connectivity index (χ3n) is 5.46. The maximum absolute atomic E-state index is 12.5. The fourth-order valence-corrected chi connectivity index (χ4v) is 5.01. The number of hydrogen-bond acceptors (Lipinski definition) is 8. The van der Waals surface area contributed by atoms with Gasteiger partial charge in [-0.15, -0.1) is 11.3 Å². The van der Waals surface area contributed by atoms with E-state index in [2.05, 4.69) is 20.8 Å². The number of benzene rings is 3. The van der Waals surface area contributed by atoms with Gasteiger partial charge >= 0.3 is 0 Å². The molecule has 0 spiro atoms. The highest BCUT2D eigenvalue weighted by atomic mass is 32.2. The number of aromatic nitrogens is 1. The zero-order valence-corrected chi connectivity index (χ0v) is 21.8. The van der Waals surface area contributed by atoms with Gasteiger partial charge in [-0.3, -0.25) is 9.59 Å². The predicted molar refractivity (Wildman–Crippen MR) is 150 cm³/mol. The molecule has 0 saturated heterocycles. The van der Waals surface area contributed by atoms with E-state index in [1.807, 2.05) is 53.9 Å². The van der Waals surface area contributed by atoms with Crippen LogP contribution in [0.1, 0.15) is 31.2 Å². The molecule has 3 aromatic carbocycles. The minimum atomic E-state index is -0.363. The summed E-state index contributed by atoms with van der Waals surface area (Å²) in [6, 6.07) is 23.5. The summed E-state index contributed by atoms with van der Waals surface area (Å²) in [5, 5.41) is 9.32. The lowest BCUT2D eigenvalue weighted by molar-refractivity contribution is 0.0954. The molecule has 5 rings (SSSR count). The van der Waals surface area contributed by atoms with Crippen molar-refractivity contribution < 1.29 is 18.7 Å². The molecule has 0 aliphatic carbocycles. The molecule has 2 aromatic heterocycles. The summed E-state index contributed by atoms with van der Waals surface area (Å²) in [6.45, 7) is 0. The second kappa shape index (κ2) is 11.8. The molecule has 0 bridgehead atoms. The number of carbonyl (C=O) groups is 2. The largest absolute Gasteiger partial charge is 0.496 e. The van der Waals surface area contributed by atoms with Crippen molar-refractivity contribution in [3.05, 3.63) is 106 Å². The van der Waals surface area contributed by atoms with Crippen LogP contribution in [0.2, 0.25) is 0 Å². The summed E-state index contributed by atoms with van der Waals surface area (Å²) in [6.07, 6.45) is 1.57. The molecule has 2 heterocycles. The maximum Gasteiger partial charge on any atom is 0.271 e. The fourth-order valence-electron chi connectivity index (χ4n) is 3.58. The van der Waals surface area contributed by atoms with E-state index in [1.54, 1.807) is 43.7 Å². The van der Waals surface area contributed by atoms with Crippen LogP contribution >= 0.6 is 23.1 Å². The number of fused-ring (bicyclic) bond motifs is 1. The van der Waals surface area contributed by atoms with E-state index in [4.69, 9.17) is 9.15 Å². The molecule has 0 aliphatic heterocycles. The molecule has 8 nitrogen and oxygen atoms in total. The number of hydrazone groups is 1. The fraction of sp³-hybridized carbons (Fsp3) is 0.0714. The molecule has 0 fully saturated rings. The average Bonchev–Trinajstić information content (AvgIpc) is 3.63. The van der Waals surface area contributed by atoms with Crippen LogP contribution in [0.5, 0.6) is 5.75 Å². The molecule has 0 unspecified atom stereocenters. The zero-order valence-electron chi connectivity index (χ0n) is 20.2. The van der Waals surface area contributed by atoms with E-state index in [0.29, 0.717) is 27.1 Å². The highest BCUT2D eigenvalue weighted by Crippen LogP contribution is 2.30. The Hall–Kier alpha value is -4.41. The van der Waals surface area contributed by atoms with Gasteiger partial charge in [0.15, 0.2) is 5.58 Å². The second-order valence-corrected chi connectivity index (χ2v) is 9.89. The number of amides is 2. The van der Waals surface area contributed by atoms with Gasteiger partial charge in [-0.25, -0.2) is 10.4 Å². The molecule has 0 radical (unpaired) electrons. The third kappa shape index (κ3) is 6.10. The third-order valence-corrected chi connectivity index (χ3v) is 7.21. The van der Waals surface area contributed by atoms with Gasteiger partial charge in [-0.2, -0.15) is 5.10 Å². The van der Waals surface area contributed by atoms with Crippen molar-refractivity contribution in [3.63, 3.8) is 0 Å². The number of methoxy groups -OCH3 is 1. The van der Waals surface area contributed by atoms with Crippen molar-refractivity contribution in [2.75, 3.05) is 12.4 Å². The van der Waals surface area contributed by atoms with Crippen LogP contribution in [0.25, 0.3) is 11.1 Å². The maximum atomic E-state index is 12.5. The lowest BCUT2D eigenvalue weighted by Crippen LogP contribution is -2.17. The number of oxazole rings is 1. The molecule has 2 amide bonds. The predicted octanol–water partition coefficient (Wildman–Crippen LogP) is 6.21. The van der Waals surface area contributed by atoms with E-state index in [-0.39, 0.29) is 11.8 Å². The van der Waals surface area contributed by atoms with Crippen molar-refractivity contribution in [1.82, 2.24) is 10.4 Å². The van der Waals surface area contributed by atoms with Gasteiger partial charge in [-0.05, 0) is 71.6 Å². The van der Waals surface area contributed by atoms with Crippen molar-refractivity contribution >= 4 is 57.9 Å². The number of hydrogen-bond donors (Lipinski definition) is 2. The normalized spacial score (nSPS) is 11.1. The highest BCUT2D eigenvalue weighted by molar-refractivity contribution is 7.98. The number of anilines is 1. The minimum absolute atomic E-state index is 0.187. The molecule has 0 atom stereocenters. The van der Waals surface area contributed by atoms with Crippen molar-refractivity contribution in [2.24, 2.45) is 5.10 Å². The quantitative estimate of drug-likeness (QED) is 0.130. The van der Waals surface area contributed by atoms with Gasteiger partial charge in [0.05, 0.1) is 18.2 Å². The summed E-state index contributed by atoms with van der Waals surface area (Å²) in [5.41, 5.74) is 6.85. The lowest BCUT2D eigenvalue weighted by atomic mass is 10.1. The van der Waals surface area contributed by atoms with Gasteiger partial charge in [0.25, 0.3) is 17.0 Å². The van der Waals surface area contributed by atoms with Crippen LogP contribution in [0.3, 0.4) is 0 Å². The monoisotopic (exact) mass is 542 g/mol. The first kappa shape index (κ1) is 25.2. The summed E-state index contributed by atoms with van der Waals surface area (Å²) in [5.74, 6) is 0.769. The molecular weight excluding hydrogens is 520 g/mol. The van der Waals surface area contributed by atoms with Crippen LogP contribution in [0, 0.1) is 0 Å². The first-order chi connectivity index (χ1) is 18.6. The van der Waals surface area contributed by atoms with Crippen LogP contribution in [-0.4, -0.2) is 30.1 Å². The molecule has 38 heavy (non-hydrogen) atoms. The Balaban J connectivity index is 1.18. The smallest absolute Gasteiger partial charge is 0.271 e. The molecule has 5 aromatic rings. The van der Waals surface area contributed by atoms with Crippen molar-refractivity contribution in [1.29, 1.82) is 0 Å². The molecule has 190 valence electrons. The Labute approximate surface area is 226 Å². The molecule has 0 saturated carbocycles. The summed E-state index contributed by atoms with van der Waals surface area (Å²) in [7, 11) is 1.62. The Morgan fingerprint density at radius 2 is 1.89 bits per heavy atom. The van der Waals surface area contributed by atoms with E-state index >= 15 is 0 Å². The van der Waals surface area contributed by atoms with E-state index in [1.165, 1.54) is 23.1 Å². The number of rotatable bonds is 9. The highest BCUT2D eigenvalue weighted by Gasteiger charge is 2.11. The SMILES string of the molecule is COc1ccc(/C=N/NC(=O)c2ccc(NC(=O)c3cccs3)cc2)cc1CSc1nc2ccccc2o1. The molecule has 2 N–H and O–H groups in total. The number of thiophene rings is 1. The van der Waals surface area contributed by atoms with Crippen LogP contribution in [-0.2, 0) is 5.75 Å². The first-order valence-electron chi connectivity index (χ1n) is 11.5. The number of para-hydroxylation sites is 2. The molecule has 10 heteroatoms. The van der Waals surface area contributed by atoms with Gasteiger partial charge in [0.2, 0.25) is 0 Å². The van der Waals surface area contributed by atoms with Crippen molar-refractivity contribution in [3.8, 4) is 5.75 Å². The standard InChI is InChI=1S/C28H22N4O4S2/c1-35-23-13-8-18(15-20(23)17-38-28-31-22-5-2-3-6-24(22)36-28)16-29-32-26(33)19-9-11-21(12-10-19)30-27(34)25-7-4-14-37-25/h2-16H,17H2,1H3,(H,30,34)(H,32,33)/b29-16+. The summed E-state index contributed by atoms with van der Waals surface area (Å²) >= 11 is 2.83. The topological polar surface area (TPSA) is 106 Å². The number of ether oxygens (including phenoxy) is 1. The Morgan fingerprint density at radius 1 is 1.05 bits per heavy atom. The van der Waals surface area contributed by atoms with Crippen LogP contribution in [0.4, 0.5) is 5.69 Å². The van der Waals surface area contributed by atoms with Gasteiger partial charge in [0, 0.05) is 22.6 Å². The van der Waals surface area contributed by atoms with Gasteiger partial charge in [-0.1, -0.05) is 30.0 Å². The lowest BCUT2D eigenvalue weighted by Gasteiger charge is -2.08. The summed E-state index contributed by atoms with van der Waals surface area (Å²) < 4.78 is 11.3.